The van der Waals surface area contributed by atoms with Gasteiger partial charge in [-0.25, -0.2) is 18.2 Å². The third-order valence-electron chi connectivity index (χ3n) is 5.89. The molecule has 1 N–H and O–H groups in total. The van der Waals surface area contributed by atoms with Crippen molar-refractivity contribution in [1.82, 2.24) is 19.7 Å². The van der Waals surface area contributed by atoms with Crippen molar-refractivity contribution in [2.45, 2.75) is 32.6 Å². The van der Waals surface area contributed by atoms with Crippen LogP contribution in [0, 0.1) is 24.4 Å². The van der Waals surface area contributed by atoms with Crippen LogP contribution < -0.4 is 5.32 Å². The summed E-state index contributed by atoms with van der Waals surface area (Å²) in [5.74, 6) is -2.94. The Morgan fingerprint density at radius 3 is 2.58 bits per heavy atom. The summed E-state index contributed by atoms with van der Waals surface area (Å²) < 4.78 is 43.8. The number of fused-ring (bicyclic) bond motifs is 2. The first-order valence-corrected chi connectivity index (χ1v) is 10.5. The smallest absolute Gasteiger partial charge is 0.253 e. The predicted molar refractivity (Wildman–Crippen MR) is 117 cm³/mol. The maximum atomic E-state index is 14.3. The molecule has 0 spiro atoms. The molecule has 0 saturated carbocycles. The minimum absolute atomic E-state index is 0.169. The number of benzene rings is 2. The molecule has 0 saturated heterocycles. The van der Waals surface area contributed by atoms with Gasteiger partial charge in [-0.05, 0) is 51.1 Å². The number of nitrogens with zero attached hydrogens (tertiary/aromatic N) is 4. The van der Waals surface area contributed by atoms with Crippen molar-refractivity contribution in [2.75, 3.05) is 5.32 Å². The Hall–Kier alpha value is -3.46. The van der Waals surface area contributed by atoms with Crippen LogP contribution in [0.25, 0.3) is 16.9 Å². The number of carbonyl (C=O) groups excluding carboxylic acids is 1. The van der Waals surface area contributed by atoms with Crippen LogP contribution >= 0.6 is 11.6 Å². The molecule has 2 aromatic carbocycles. The van der Waals surface area contributed by atoms with Crippen LogP contribution in [0.5, 0.6) is 0 Å². The van der Waals surface area contributed by atoms with Gasteiger partial charge in [0.25, 0.3) is 5.95 Å². The Morgan fingerprint density at radius 1 is 1.09 bits per heavy atom. The van der Waals surface area contributed by atoms with Gasteiger partial charge >= 0.3 is 0 Å². The van der Waals surface area contributed by atoms with E-state index in [-0.39, 0.29) is 24.0 Å². The van der Waals surface area contributed by atoms with Crippen molar-refractivity contribution in [3.05, 3.63) is 75.3 Å². The zero-order valence-electron chi connectivity index (χ0n) is 17.8. The van der Waals surface area contributed by atoms with E-state index in [1.54, 1.807) is 39.0 Å². The molecule has 0 radical (unpaired) electrons. The Bertz CT molecular complexity index is 1480. The van der Waals surface area contributed by atoms with Crippen LogP contribution in [0.3, 0.4) is 0 Å². The van der Waals surface area contributed by atoms with Crippen molar-refractivity contribution >= 4 is 34.2 Å². The quantitative estimate of drug-likeness (QED) is 0.426. The topological polar surface area (TPSA) is 72.7 Å². The number of anilines is 1. The molecule has 0 aliphatic carbocycles. The molecule has 6 nitrogen and oxygen atoms in total. The maximum absolute atomic E-state index is 14.3. The molecule has 4 aromatic rings. The van der Waals surface area contributed by atoms with E-state index in [0.717, 1.165) is 12.1 Å². The Labute approximate surface area is 191 Å². The molecule has 10 heteroatoms. The molecule has 1 aliphatic rings. The van der Waals surface area contributed by atoms with Gasteiger partial charge in [-0.1, -0.05) is 11.6 Å². The summed E-state index contributed by atoms with van der Waals surface area (Å²) in [7, 11) is 0. The average molecular weight is 472 g/mol. The van der Waals surface area contributed by atoms with E-state index in [4.69, 9.17) is 11.6 Å². The molecular weight excluding hydrogens is 455 g/mol. The maximum Gasteiger partial charge on any atom is 0.253 e. The minimum Gasteiger partial charge on any atom is -0.309 e. The largest absolute Gasteiger partial charge is 0.309 e. The number of hydrogen-bond acceptors (Lipinski definition) is 4. The highest BCUT2D eigenvalue weighted by Gasteiger charge is 2.41. The molecule has 0 unspecified atom stereocenters. The fourth-order valence-electron chi connectivity index (χ4n) is 4.20. The first kappa shape index (κ1) is 21.4. The summed E-state index contributed by atoms with van der Waals surface area (Å²) in [5.41, 5.74) is 0.868. The highest BCUT2D eigenvalue weighted by Crippen LogP contribution is 2.38. The first-order chi connectivity index (χ1) is 15.6. The molecule has 0 fully saturated rings. The number of nitrogens with one attached hydrogen (secondary N) is 1. The van der Waals surface area contributed by atoms with Crippen LogP contribution in [-0.4, -0.2) is 25.7 Å². The summed E-state index contributed by atoms with van der Waals surface area (Å²) in [6, 6.07) is 6.53. The van der Waals surface area contributed by atoms with Crippen LogP contribution in [0.2, 0.25) is 5.02 Å². The van der Waals surface area contributed by atoms with Crippen LogP contribution in [-0.2, 0) is 16.6 Å². The molecule has 2 aromatic heterocycles. The van der Waals surface area contributed by atoms with Crippen LogP contribution in [0.4, 0.5) is 19.0 Å². The van der Waals surface area contributed by atoms with Crippen molar-refractivity contribution in [3.63, 3.8) is 0 Å². The van der Waals surface area contributed by atoms with Gasteiger partial charge in [-0.15, -0.1) is 0 Å². The van der Waals surface area contributed by atoms with Gasteiger partial charge in [0, 0.05) is 33.7 Å². The van der Waals surface area contributed by atoms with E-state index < -0.39 is 28.4 Å². The number of aryl methyl sites for hydroxylation is 1. The highest BCUT2D eigenvalue weighted by molar-refractivity contribution is 6.31. The number of rotatable bonds is 3. The Balaban J connectivity index is 1.70. The van der Waals surface area contributed by atoms with Gasteiger partial charge in [-0.3, -0.25) is 4.79 Å². The Morgan fingerprint density at radius 2 is 1.82 bits per heavy atom. The zero-order valence-corrected chi connectivity index (χ0v) is 18.6. The van der Waals surface area contributed by atoms with Gasteiger partial charge in [0.15, 0.2) is 11.6 Å². The van der Waals surface area contributed by atoms with Gasteiger partial charge < -0.3 is 5.32 Å². The predicted octanol–water partition coefficient (Wildman–Crippen LogP) is 5.02. The molecule has 168 valence electrons. The average Bonchev–Trinajstić information content (AvgIpc) is 3.22. The lowest BCUT2D eigenvalue weighted by atomic mass is 9.86. The summed E-state index contributed by atoms with van der Waals surface area (Å²) in [6.07, 6.45) is -0.313. The second kappa shape index (κ2) is 7.28. The van der Waals surface area contributed by atoms with E-state index in [1.807, 2.05) is 0 Å². The van der Waals surface area contributed by atoms with Crippen molar-refractivity contribution in [3.8, 4) is 5.95 Å². The van der Waals surface area contributed by atoms with Gasteiger partial charge in [0.05, 0.1) is 16.6 Å². The second-order valence-corrected chi connectivity index (χ2v) is 8.87. The van der Waals surface area contributed by atoms with Crippen LogP contribution in [0.1, 0.15) is 36.4 Å². The molecular formula is C23H17ClF3N5O. The molecule has 1 amide bonds. The lowest BCUT2D eigenvalue weighted by Gasteiger charge is -2.16. The van der Waals surface area contributed by atoms with E-state index in [9.17, 15) is 18.0 Å². The van der Waals surface area contributed by atoms with E-state index >= 15 is 0 Å². The molecule has 0 atom stereocenters. The third kappa shape index (κ3) is 3.26. The van der Waals surface area contributed by atoms with E-state index in [0.29, 0.717) is 33.0 Å². The molecule has 5 rings (SSSR count). The zero-order chi connectivity index (χ0) is 23.7. The van der Waals surface area contributed by atoms with Crippen molar-refractivity contribution in [2.24, 2.45) is 0 Å². The molecule has 0 bridgehead atoms. The van der Waals surface area contributed by atoms with Gasteiger partial charge in [0.1, 0.15) is 11.6 Å². The minimum atomic E-state index is -1.27. The van der Waals surface area contributed by atoms with Crippen LogP contribution in [0.15, 0.2) is 30.3 Å². The summed E-state index contributed by atoms with van der Waals surface area (Å²) >= 11 is 6.16. The highest BCUT2D eigenvalue weighted by atomic mass is 35.5. The number of hydrogen-bond donors (Lipinski definition) is 1. The van der Waals surface area contributed by atoms with E-state index in [2.05, 4.69) is 20.4 Å². The standard InChI is InChI=1S/C23H17ClF3N5O/c1-10-18-20(29-21(33)23(18,2)3)30-22(28-10)32-17-7-4-11(24)8-13(17)16(31-32)9-12-14(25)5-6-15(26)19(12)27/h4-8H,9H2,1-3H3,(H,28,29,30,33). The fraction of sp³-hybridized carbons (Fsp3) is 0.217. The van der Waals surface area contributed by atoms with Crippen molar-refractivity contribution < 1.29 is 18.0 Å². The molecule has 3 heterocycles. The van der Waals surface area contributed by atoms with Crippen molar-refractivity contribution in [1.29, 1.82) is 0 Å². The number of aromatic nitrogens is 4. The van der Waals surface area contributed by atoms with Gasteiger partial charge in [0.2, 0.25) is 5.91 Å². The molecule has 1 aliphatic heterocycles. The number of halogens is 4. The normalized spacial score (nSPS) is 14.6. The second-order valence-electron chi connectivity index (χ2n) is 8.43. The number of carbonyl (C=O) groups is 1. The van der Waals surface area contributed by atoms with Gasteiger partial charge in [-0.2, -0.15) is 14.8 Å². The van der Waals surface area contributed by atoms with E-state index in [1.165, 1.54) is 4.68 Å². The third-order valence-corrected chi connectivity index (χ3v) is 6.13. The Kier molecular flexibility index (Phi) is 4.72. The summed E-state index contributed by atoms with van der Waals surface area (Å²) in [4.78, 5) is 21.4. The summed E-state index contributed by atoms with van der Waals surface area (Å²) in [6.45, 7) is 5.35. The monoisotopic (exact) mass is 471 g/mol. The number of amides is 1. The lowest BCUT2D eigenvalue weighted by molar-refractivity contribution is -0.119. The fourth-order valence-corrected chi connectivity index (χ4v) is 4.38. The lowest BCUT2D eigenvalue weighted by Crippen LogP contribution is -2.27. The SMILES string of the molecule is Cc1nc(-n2nc(Cc3c(F)ccc(F)c3F)c3cc(Cl)ccc32)nc2c1C(C)(C)C(=O)N2. The first-order valence-electron chi connectivity index (χ1n) is 10.1. The molecule has 33 heavy (non-hydrogen) atoms. The summed E-state index contributed by atoms with van der Waals surface area (Å²) in [5, 5.41) is 8.17.